The molecule has 0 aliphatic rings. The average Bonchev–Trinajstić information content (AvgIpc) is 2.97. The summed E-state index contributed by atoms with van der Waals surface area (Å²) in [6, 6.07) is 16.3. The van der Waals surface area contributed by atoms with Crippen LogP contribution in [0.4, 0.5) is 5.69 Å². The summed E-state index contributed by atoms with van der Waals surface area (Å²) in [7, 11) is 0. The first kappa shape index (κ1) is 15.6. The van der Waals surface area contributed by atoms with Crippen LogP contribution < -0.4 is 5.32 Å². The number of aromatic nitrogens is 3. The van der Waals surface area contributed by atoms with E-state index >= 15 is 0 Å². The van der Waals surface area contributed by atoms with E-state index in [0.717, 1.165) is 5.69 Å². The van der Waals surface area contributed by atoms with Crippen LogP contribution in [0.3, 0.4) is 0 Å². The molecular weight excluding hydrogens is 304 g/mol. The van der Waals surface area contributed by atoms with Crippen molar-refractivity contribution in [2.24, 2.45) is 0 Å². The van der Waals surface area contributed by atoms with Gasteiger partial charge >= 0.3 is 0 Å². The van der Waals surface area contributed by atoms with Crippen LogP contribution in [0.1, 0.15) is 33.5 Å². The first-order valence-electron chi connectivity index (χ1n) is 7.46. The van der Waals surface area contributed by atoms with Gasteiger partial charge in [-0.05, 0) is 38.1 Å². The normalized spacial score (nSPS) is 10.4. The fourth-order valence-corrected chi connectivity index (χ4v) is 2.36. The van der Waals surface area contributed by atoms with Crippen LogP contribution in [0.5, 0.6) is 0 Å². The van der Waals surface area contributed by atoms with Gasteiger partial charge in [-0.1, -0.05) is 35.5 Å². The monoisotopic (exact) mass is 320 g/mol. The molecule has 0 radical (unpaired) electrons. The van der Waals surface area contributed by atoms with Gasteiger partial charge in [-0.3, -0.25) is 9.59 Å². The standard InChI is InChI=1S/C18H16N4O2/c1-12-17(20-21-22(12)16-9-4-3-5-10-16)18(24)19-15-8-6-7-14(11-15)13(2)23/h3-11H,1-2H3,(H,19,24). The molecule has 3 rings (SSSR count). The second-order valence-corrected chi connectivity index (χ2v) is 5.36. The van der Waals surface area contributed by atoms with E-state index in [1.165, 1.54) is 6.92 Å². The number of amides is 1. The Balaban J connectivity index is 1.85. The fourth-order valence-electron chi connectivity index (χ4n) is 2.36. The van der Waals surface area contributed by atoms with E-state index < -0.39 is 0 Å². The number of carbonyl (C=O) groups is 2. The Bertz CT molecular complexity index is 900. The number of para-hydroxylation sites is 1. The van der Waals surface area contributed by atoms with Gasteiger partial charge in [0, 0.05) is 11.3 Å². The maximum atomic E-state index is 12.4. The molecule has 0 saturated carbocycles. The Morgan fingerprint density at radius 3 is 2.50 bits per heavy atom. The van der Waals surface area contributed by atoms with E-state index in [2.05, 4.69) is 15.6 Å². The van der Waals surface area contributed by atoms with Crippen LogP contribution in [-0.4, -0.2) is 26.7 Å². The first-order valence-corrected chi connectivity index (χ1v) is 7.46. The van der Waals surface area contributed by atoms with Gasteiger partial charge in [0.2, 0.25) is 0 Å². The van der Waals surface area contributed by atoms with Crippen molar-refractivity contribution in [2.45, 2.75) is 13.8 Å². The minimum Gasteiger partial charge on any atom is -0.321 e. The SMILES string of the molecule is CC(=O)c1cccc(NC(=O)c2nnn(-c3ccccc3)c2C)c1. The lowest BCUT2D eigenvalue weighted by molar-refractivity contribution is 0.100. The van der Waals surface area contributed by atoms with Crippen molar-refractivity contribution >= 4 is 17.4 Å². The highest BCUT2D eigenvalue weighted by atomic mass is 16.2. The lowest BCUT2D eigenvalue weighted by atomic mass is 10.1. The first-order chi connectivity index (χ1) is 11.6. The predicted molar refractivity (Wildman–Crippen MR) is 90.5 cm³/mol. The molecule has 0 unspecified atom stereocenters. The quantitative estimate of drug-likeness (QED) is 0.750. The summed E-state index contributed by atoms with van der Waals surface area (Å²) < 4.78 is 1.61. The van der Waals surface area contributed by atoms with E-state index in [0.29, 0.717) is 16.9 Å². The zero-order valence-corrected chi connectivity index (χ0v) is 13.4. The zero-order chi connectivity index (χ0) is 17.1. The molecular formula is C18H16N4O2. The van der Waals surface area contributed by atoms with Crippen LogP contribution >= 0.6 is 0 Å². The topological polar surface area (TPSA) is 76.9 Å². The number of ketones is 1. The summed E-state index contributed by atoms with van der Waals surface area (Å²) in [5.74, 6) is -0.423. The summed E-state index contributed by atoms with van der Waals surface area (Å²) >= 11 is 0. The van der Waals surface area contributed by atoms with Gasteiger partial charge in [0.15, 0.2) is 11.5 Å². The number of nitrogens with zero attached hydrogens (tertiary/aromatic N) is 3. The molecule has 1 heterocycles. The molecule has 1 aromatic heterocycles. The van der Waals surface area contributed by atoms with E-state index in [1.807, 2.05) is 30.3 Å². The molecule has 1 N–H and O–H groups in total. The molecule has 6 nitrogen and oxygen atoms in total. The van der Waals surface area contributed by atoms with Crippen molar-refractivity contribution in [3.8, 4) is 5.69 Å². The average molecular weight is 320 g/mol. The minimum atomic E-state index is -0.365. The number of nitrogens with one attached hydrogen (secondary N) is 1. The molecule has 0 spiro atoms. The summed E-state index contributed by atoms with van der Waals surface area (Å²) in [6.45, 7) is 3.27. The maximum absolute atomic E-state index is 12.4. The Labute approximate surface area is 139 Å². The second-order valence-electron chi connectivity index (χ2n) is 5.36. The number of benzene rings is 2. The summed E-state index contributed by atoms with van der Waals surface area (Å²) in [5, 5.41) is 10.8. The van der Waals surface area contributed by atoms with E-state index in [1.54, 1.807) is 35.9 Å². The van der Waals surface area contributed by atoms with Crippen molar-refractivity contribution < 1.29 is 9.59 Å². The fraction of sp³-hybridized carbons (Fsp3) is 0.111. The van der Waals surface area contributed by atoms with E-state index in [-0.39, 0.29) is 17.4 Å². The third-order valence-corrected chi connectivity index (χ3v) is 3.64. The smallest absolute Gasteiger partial charge is 0.278 e. The maximum Gasteiger partial charge on any atom is 0.278 e. The molecule has 0 fully saturated rings. The van der Waals surface area contributed by atoms with E-state index in [9.17, 15) is 9.59 Å². The van der Waals surface area contributed by atoms with Crippen molar-refractivity contribution in [1.29, 1.82) is 0 Å². The Kier molecular flexibility index (Phi) is 4.20. The van der Waals surface area contributed by atoms with Crippen LogP contribution in [0.15, 0.2) is 54.6 Å². The summed E-state index contributed by atoms with van der Waals surface area (Å²) in [5.41, 5.74) is 2.80. The number of rotatable bonds is 4. The number of hydrogen-bond acceptors (Lipinski definition) is 4. The lowest BCUT2D eigenvalue weighted by Gasteiger charge is -2.06. The van der Waals surface area contributed by atoms with Gasteiger partial charge in [0.05, 0.1) is 11.4 Å². The highest BCUT2D eigenvalue weighted by Crippen LogP contribution is 2.15. The number of hydrogen-bond donors (Lipinski definition) is 1. The van der Waals surface area contributed by atoms with E-state index in [4.69, 9.17) is 0 Å². The third-order valence-electron chi connectivity index (χ3n) is 3.64. The van der Waals surface area contributed by atoms with Gasteiger partial charge in [0.25, 0.3) is 5.91 Å². The van der Waals surface area contributed by atoms with Gasteiger partial charge in [-0.2, -0.15) is 0 Å². The van der Waals surface area contributed by atoms with Crippen molar-refractivity contribution in [3.05, 3.63) is 71.5 Å². The second kappa shape index (κ2) is 6.45. The predicted octanol–water partition coefficient (Wildman–Crippen LogP) is 3.03. The highest BCUT2D eigenvalue weighted by Gasteiger charge is 2.17. The minimum absolute atomic E-state index is 0.0581. The van der Waals surface area contributed by atoms with Crippen LogP contribution in [0, 0.1) is 6.92 Å². The number of carbonyl (C=O) groups excluding carboxylic acids is 2. The molecule has 0 aliphatic carbocycles. The van der Waals surface area contributed by atoms with Gasteiger partial charge in [-0.15, -0.1) is 5.10 Å². The summed E-state index contributed by atoms with van der Waals surface area (Å²) in [4.78, 5) is 23.9. The summed E-state index contributed by atoms with van der Waals surface area (Å²) in [6.07, 6.45) is 0. The van der Waals surface area contributed by atoms with Crippen LogP contribution in [-0.2, 0) is 0 Å². The molecule has 3 aromatic rings. The Morgan fingerprint density at radius 1 is 1.04 bits per heavy atom. The Morgan fingerprint density at radius 2 is 1.79 bits per heavy atom. The van der Waals surface area contributed by atoms with Gasteiger partial charge < -0.3 is 5.32 Å². The molecule has 6 heteroatoms. The van der Waals surface area contributed by atoms with Gasteiger partial charge in [0.1, 0.15) is 0 Å². The molecule has 1 amide bonds. The third kappa shape index (κ3) is 3.08. The molecule has 0 saturated heterocycles. The van der Waals surface area contributed by atoms with Gasteiger partial charge in [-0.25, -0.2) is 4.68 Å². The van der Waals surface area contributed by atoms with Crippen molar-refractivity contribution in [3.63, 3.8) is 0 Å². The van der Waals surface area contributed by atoms with Crippen molar-refractivity contribution in [2.75, 3.05) is 5.32 Å². The Hall–Kier alpha value is -3.28. The highest BCUT2D eigenvalue weighted by molar-refractivity contribution is 6.04. The van der Waals surface area contributed by atoms with Crippen LogP contribution in [0.25, 0.3) is 5.69 Å². The largest absolute Gasteiger partial charge is 0.321 e. The molecule has 0 bridgehead atoms. The molecule has 120 valence electrons. The molecule has 2 aromatic carbocycles. The molecule has 0 aliphatic heterocycles. The number of Topliss-reactive ketones (excluding diaryl/α,β-unsaturated/α-hetero) is 1. The number of anilines is 1. The zero-order valence-electron chi connectivity index (χ0n) is 13.4. The molecule has 24 heavy (non-hydrogen) atoms. The lowest BCUT2D eigenvalue weighted by Crippen LogP contribution is -2.14. The van der Waals surface area contributed by atoms with Crippen LogP contribution in [0.2, 0.25) is 0 Å². The van der Waals surface area contributed by atoms with Crippen molar-refractivity contribution in [1.82, 2.24) is 15.0 Å². The molecule has 0 atom stereocenters.